The highest BCUT2D eigenvalue weighted by Gasteiger charge is 2.28. The van der Waals surface area contributed by atoms with E-state index in [9.17, 15) is 9.18 Å². The van der Waals surface area contributed by atoms with Gasteiger partial charge in [0.05, 0.1) is 5.56 Å². The molecule has 1 aromatic rings. The van der Waals surface area contributed by atoms with Crippen LogP contribution in [0.25, 0.3) is 0 Å². The predicted octanol–water partition coefficient (Wildman–Crippen LogP) is 3.22. The second kappa shape index (κ2) is 7.96. The molecule has 1 N–H and O–H groups in total. The lowest BCUT2D eigenvalue weighted by Crippen LogP contribution is -2.42. The van der Waals surface area contributed by atoms with Crippen LogP contribution < -0.4 is 5.32 Å². The molecule has 0 saturated carbocycles. The Bertz CT molecular complexity index is 466. The Morgan fingerprint density at radius 3 is 2.85 bits per heavy atom. The second-order valence-electron chi connectivity index (χ2n) is 4.77. The molecular weight excluding hydrogens is 347 g/mol. The fourth-order valence-corrected chi connectivity index (χ4v) is 2.75. The van der Waals surface area contributed by atoms with Gasteiger partial charge in [-0.3, -0.25) is 4.79 Å². The SMILES string of the molecule is CCCN(C(=O)c1ccc(Br)cc1F)C1CCNC1.Cl. The van der Waals surface area contributed by atoms with Crippen molar-refractivity contribution in [3.63, 3.8) is 0 Å². The summed E-state index contributed by atoms with van der Waals surface area (Å²) >= 11 is 3.20. The van der Waals surface area contributed by atoms with Crippen LogP contribution in [0.2, 0.25) is 0 Å². The van der Waals surface area contributed by atoms with E-state index < -0.39 is 5.82 Å². The molecule has 1 aromatic carbocycles. The number of halogens is 3. The van der Waals surface area contributed by atoms with Crippen LogP contribution in [0.15, 0.2) is 22.7 Å². The first kappa shape index (κ1) is 17.4. The van der Waals surface area contributed by atoms with E-state index >= 15 is 0 Å². The van der Waals surface area contributed by atoms with Gasteiger partial charge in [0.25, 0.3) is 5.91 Å². The summed E-state index contributed by atoms with van der Waals surface area (Å²) in [5.41, 5.74) is 0.156. The lowest BCUT2D eigenvalue weighted by Gasteiger charge is -2.28. The van der Waals surface area contributed by atoms with Gasteiger partial charge in [-0.15, -0.1) is 12.4 Å². The van der Waals surface area contributed by atoms with Crippen molar-refractivity contribution >= 4 is 34.2 Å². The summed E-state index contributed by atoms with van der Waals surface area (Å²) in [5.74, 6) is -0.674. The molecule has 0 radical (unpaired) electrons. The predicted molar refractivity (Wildman–Crippen MR) is 84.0 cm³/mol. The fourth-order valence-electron chi connectivity index (χ4n) is 2.41. The quantitative estimate of drug-likeness (QED) is 0.888. The largest absolute Gasteiger partial charge is 0.334 e. The van der Waals surface area contributed by atoms with Crippen molar-refractivity contribution in [1.82, 2.24) is 10.2 Å². The van der Waals surface area contributed by atoms with Crippen molar-refractivity contribution in [3.8, 4) is 0 Å². The molecule has 1 saturated heterocycles. The Morgan fingerprint density at radius 2 is 2.30 bits per heavy atom. The van der Waals surface area contributed by atoms with Crippen molar-refractivity contribution in [2.45, 2.75) is 25.8 Å². The number of carbonyl (C=O) groups excluding carboxylic acids is 1. The van der Waals surface area contributed by atoms with E-state index in [0.717, 1.165) is 25.9 Å². The summed E-state index contributed by atoms with van der Waals surface area (Å²) < 4.78 is 14.5. The highest BCUT2D eigenvalue weighted by atomic mass is 79.9. The number of hydrogen-bond acceptors (Lipinski definition) is 2. The van der Waals surface area contributed by atoms with Gasteiger partial charge in [-0.2, -0.15) is 0 Å². The van der Waals surface area contributed by atoms with Crippen LogP contribution in [0.4, 0.5) is 4.39 Å². The van der Waals surface area contributed by atoms with E-state index in [4.69, 9.17) is 0 Å². The normalized spacial score (nSPS) is 17.6. The molecule has 2 rings (SSSR count). The third-order valence-electron chi connectivity index (χ3n) is 3.36. The second-order valence-corrected chi connectivity index (χ2v) is 5.69. The highest BCUT2D eigenvalue weighted by Crippen LogP contribution is 2.19. The molecule has 1 unspecified atom stereocenters. The molecule has 0 spiro atoms. The van der Waals surface area contributed by atoms with Crippen LogP contribution in [0, 0.1) is 5.82 Å². The van der Waals surface area contributed by atoms with Crippen LogP contribution in [0.5, 0.6) is 0 Å². The zero-order chi connectivity index (χ0) is 13.8. The van der Waals surface area contributed by atoms with E-state index in [-0.39, 0.29) is 29.9 Å². The van der Waals surface area contributed by atoms with Crippen molar-refractivity contribution in [2.24, 2.45) is 0 Å². The van der Waals surface area contributed by atoms with Gasteiger partial charge in [0.1, 0.15) is 5.82 Å². The van der Waals surface area contributed by atoms with Gasteiger partial charge in [-0.1, -0.05) is 22.9 Å². The minimum atomic E-state index is -0.466. The average Bonchev–Trinajstić information content (AvgIpc) is 2.89. The van der Waals surface area contributed by atoms with Crippen LogP contribution in [0.3, 0.4) is 0 Å². The number of rotatable bonds is 4. The van der Waals surface area contributed by atoms with Crippen LogP contribution in [-0.2, 0) is 0 Å². The molecule has 112 valence electrons. The van der Waals surface area contributed by atoms with E-state index in [2.05, 4.69) is 21.2 Å². The van der Waals surface area contributed by atoms with Gasteiger partial charge in [0.2, 0.25) is 0 Å². The summed E-state index contributed by atoms with van der Waals surface area (Å²) in [6.45, 7) is 4.41. The van der Waals surface area contributed by atoms with Gasteiger partial charge in [0.15, 0.2) is 0 Å². The van der Waals surface area contributed by atoms with E-state index in [1.807, 2.05) is 6.92 Å². The first-order valence-corrected chi connectivity index (χ1v) is 7.39. The van der Waals surface area contributed by atoms with Crippen molar-refractivity contribution in [2.75, 3.05) is 19.6 Å². The van der Waals surface area contributed by atoms with Gasteiger partial charge < -0.3 is 10.2 Å². The maximum atomic E-state index is 13.9. The van der Waals surface area contributed by atoms with Crippen LogP contribution in [0.1, 0.15) is 30.1 Å². The van der Waals surface area contributed by atoms with Crippen LogP contribution in [-0.4, -0.2) is 36.5 Å². The Labute approximate surface area is 133 Å². The Kier molecular flexibility index (Phi) is 6.92. The third kappa shape index (κ3) is 3.93. The molecule has 1 atom stereocenters. The molecule has 20 heavy (non-hydrogen) atoms. The van der Waals surface area contributed by atoms with E-state index in [0.29, 0.717) is 11.0 Å². The first-order chi connectivity index (χ1) is 9.13. The minimum Gasteiger partial charge on any atom is -0.334 e. The van der Waals surface area contributed by atoms with Gasteiger partial charge in [0, 0.05) is 23.6 Å². The summed E-state index contributed by atoms with van der Waals surface area (Å²) in [6, 6.07) is 4.76. The molecule has 1 amide bonds. The fraction of sp³-hybridized carbons (Fsp3) is 0.500. The minimum absolute atomic E-state index is 0. The lowest BCUT2D eigenvalue weighted by molar-refractivity contribution is 0.0687. The standard InChI is InChI=1S/C14H18BrFN2O.ClH/c1-2-7-18(11-5-6-17-9-11)14(19)12-4-3-10(15)8-13(12)16;/h3-4,8,11,17H,2,5-7,9H2,1H3;1H. The summed E-state index contributed by atoms with van der Waals surface area (Å²) in [4.78, 5) is 14.3. The summed E-state index contributed by atoms with van der Waals surface area (Å²) in [6.07, 6.45) is 1.81. The number of nitrogens with one attached hydrogen (secondary N) is 1. The first-order valence-electron chi connectivity index (χ1n) is 6.60. The van der Waals surface area contributed by atoms with E-state index in [1.54, 1.807) is 17.0 Å². The highest BCUT2D eigenvalue weighted by molar-refractivity contribution is 9.10. The monoisotopic (exact) mass is 364 g/mol. The molecule has 1 aliphatic heterocycles. The molecule has 1 fully saturated rings. The molecule has 3 nitrogen and oxygen atoms in total. The molecule has 0 aliphatic carbocycles. The molecule has 0 bridgehead atoms. The zero-order valence-corrected chi connectivity index (χ0v) is 13.8. The average molecular weight is 366 g/mol. The number of hydrogen-bond donors (Lipinski definition) is 1. The van der Waals surface area contributed by atoms with Crippen molar-refractivity contribution in [1.29, 1.82) is 0 Å². The van der Waals surface area contributed by atoms with Crippen molar-refractivity contribution < 1.29 is 9.18 Å². The molecular formula is C14H19BrClFN2O. The van der Waals surface area contributed by atoms with Gasteiger partial charge >= 0.3 is 0 Å². The molecule has 1 aliphatic rings. The Morgan fingerprint density at radius 1 is 1.55 bits per heavy atom. The zero-order valence-electron chi connectivity index (χ0n) is 11.4. The Balaban J connectivity index is 0.00000200. The maximum absolute atomic E-state index is 13.9. The van der Waals surface area contributed by atoms with E-state index in [1.165, 1.54) is 6.07 Å². The van der Waals surface area contributed by atoms with Crippen LogP contribution >= 0.6 is 28.3 Å². The number of nitrogens with zero attached hydrogens (tertiary/aromatic N) is 1. The van der Waals surface area contributed by atoms with Crippen molar-refractivity contribution in [3.05, 3.63) is 34.1 Å². The third-order valence-corrected chi connectivity index (χ3v) is 3.86. The van der Waals surface area contributed by atoms with Gasteiger partial charge in [-0.05, 0) is 37.6 Å². The lowest BCUT2D eigenvalue weighted by atomic mass is 10.1. The maximum Gasteiger partial charge on any atom is 0.257 e. The smallest absolute Gasteiger partial charge is 0.257 e. The topological polar surface area (TPSA) is 32.3 Å². The number of carbonyl (C=O) groups is 1. The summed E-state index contributed by atoms with van der Waals surface area (Å²) in [7, 11) is 0. The molecule has 0 aromatic heterocycles. The number of benzene rings is 1. The van der Waals surface area contributed by atoms with Gasteiger partial charge in [-0.25, -0.2) is 4.39 Å². The molecule has 6 heteroatoms. The number of amides is 1. The summed E-state index contributed by atoms with van der Waals surface area (Å²) in [5, 5.41) is 3.25. The Hall–Kier alpha value is -0.650. The molecule has 1 heterocycles.